The van der Waals surface area contributed by atoms with Gasteiger partial charge in [-0.1, -0.05) is 55.8 Å². The second-order valence-corrected chi connectivity index (χ2v) is 16.5. The molecule has 3 N–H and O–H groups in total. The number of carbonyl (C=O) groups is 4. The first-order chi connectivity index (χ1) is 23.1. The molecule has 6 rings (SSSR count). The van der Waals surface area contributed by atoms with E-state index in [9.17, 15) is 29.4 Å². The van der Waals surface area contributed by atoms with Crippen LogP contribution in [0, 0.1) is 28.6 Å². The Balaban J connectivity index is 1.00. The van der Waals surface area contributed by atoms with Crippen molar-refractivity contribution in [2.75, 3.05) is 19.8 Å². The van der Waals surface area contributed by atoms with Crippen LogP contribution in [0.5, 0.6) is 0 Å². The summed E-state index contributed by atoms with van der Waals surface area (Å²) in [5, 5.41) is 26.5. The van der Waals surface area contributed by atoms with E-state index in [1.165, 1.54) is 5.56 Å². The van der Waals surface area contributed by atoms with Crippen LogP contribution in [0.4, 0.5) is 0 Å². The van der Waals surface area contributed by atoms with Crippen LogP contribution in [0.15, 0.2) is 54.1 Å². The summed E-state index contributed by atoms with van der Waals surface area (Å²) in [4.78, 5) is 51.1. The van der Waals surface area contributed by atoms with E-state index < -0.39 is 40.9 Å². The quantitative estimate of drug-likeness (QED) is 0.297. The summed E-state index contributed by atoms with van der Waals surface area (Å²) in [6.07, 6.45) is 9.33. The van der Waals surface area contributed by atoms with Crippen molar-refractivity contribution in [3.05, 3.63) is 59.7 Å². The molecule has 9 nitrogen and oxygen atoms in total. The lowest BCUT2D eigenvalue weighted by atomic mass is 9.46. The van der Waals surface area contributed by atoms with E-state index in [0.717, 1.165) is 37.7 Å². The Hall–Kier alpha value is -3.14. The number of aliphatic hydroxyl groups excluding tert-OH is 1. The molecule has 49 heavy (non-hydrogen) atoms. The maximum absolute atomic E-state index is 13.6. The number of fused-ring (bicyclic) bond motifs is 5. The van der Waals surface area contributed by atoms with Gasteiger partial charge in [-0.3, -0.25) is 19.2 Å². The van der Waals surface area contributed by atoms with Crippen LogP contribution in [-0.2, 0) is 34.1 Å². The van der Waals surface area contributed by atoms with Crippen molar-refractivity contribution < 1.29 is 38.9 Å². The average molecular weight is 676 g/mol. The Kier molecular flexibility index (Phi) is 9.61. The molecular weight excluding hydrogens is 622 g/mol. The van der Waals surface area contributed by atoms with E-state index in [1.54, 1.807) is 12.2 Å². The van der Waals surface area contributed by atoms with Crippen LogP contribution >= 0.6 is 0 Å². The van der Waals surface area contributed by atoms with Crippen LogP contribution in [-0.4, -0.2) is 70.7 Å². The highest BCUT2D eigenvalue weighted by atomic mass is 16.5. The molecule has 1 aromatic rings. The van der Waals surface area contributed by atoms with Gasteiger partial charge in [0.2, 0.25) is 11.7 Å². The molecule has 4 unspecified atom stereocenters. The number of aliphatic hydroxyl groups is 2. The van der Waals surface area contributed by atoms with Gasteiger partial charge in [0.15, 0.2) is 12.4 Å². The number of nitrogens with one attached hydrogen (secondary N) is 1. The molecular formula is C40H53NO8. The molecule has 8 atom stereocenters. The second-order valence-electron chi connectivity index (χ2n) is 16.5. The van der Waals surface area contributed by atoms with Gasteiger partial charge in [-0.25, -0.2) is 0 Å². The Labute approximate surface area is 289 Å². The van der Waals surface area contributed by atoms with E-state index in [1.807, 2.05) is 31.2 Å². The van der Waals surface area contributed by atoms with Gasteiger partial charge in [-0.05, 0) is 94.8 Å². The molecule has 1 saturated heterocycles. The van der Waals surface area contributed by atoms with E-state index in [-0.39, 0.29) is 66.1 Å². The summed E-state index contributed by atoms with van der Waals surface area (Å²) in [5.74, 6) is -1.53. The molecule has 4 aliphatic carbocycles. The van der Waals surface area contributed by atoms with Crippen LogP contribution in [0.2, 0.25) is 0 Å². The monoisotopic (exact) mass is 675 g/mol. The number of carbonyl (C=O) groups excluding carboxylic acids is 4. The Morgan fingerprint density at radius 3 is 2.53 bits per heavy atom. The zero-order valence-electron chi connectivity index (χ0n) is 29.5. The van der Waals surface area contributed by atoms with E-state index in [0.29, 0.717) is 19.6 Å². The van der Waals surface area contributed by atoms with Crippen molar-refractivity contribution in [2.45, 2.75) is 115 Å². The molecule has 1 aliphatic heterocycles. The van der Waals surface area contributed by atoms with E-state index in [2.05, 4.69) is 38.2 Å². The van der Waals surface area contributed by atoms with Crippen LogP contribution in [0.1, 0.15) is 97.5 Å². The number of ether oxygens (including phenoxy) is 2. The first-order valence-corrected chi connectivity index (χ1v) is 18.1. The number of Topliss-reactive ketones (excluding diaryl/α,β-unsaturated/α-hetero) is 1. The number of rotatable bonds is 10. The number of esters is 1. The zero-order valence-corrected chi connectivity index (χ0v) is 29.5. The molecule has 0 aromatic heterocycles. The molecule has 1 amide bonds. The molecule has 0 spiro atoms. The third-order valence-corrected chi connectivity index (χ3v) is 13.2. The Bertz CT molecular complexity index is 1530. The topological polar surface area (TPSA) is 139 Å². The van der Waals surface area contributed by atoms with Gasteiger partial charge in [0.05, 0.1) is 18.1 Å². The number of benzene rings is 1. The fraction of sp³-hybridized carbons (Fsp3) is 0.650. The molecule has 1 heterocycles. The lowest BCUT2D eigenvalue weighted by molar-refractivity contribution is -0.181. The largest absolute Gasteiger partial charge is 0.458 e. The molecule has 266 valence electrons. The van der Waals surface area contributed by atoms with Gasteiger partial charge < -0.3 is 25.0 Å². The van der Waals surface area contributed by atoms with Gasteiger partial charge in [-0.2, -0.15) is 0 Å². The Morgan fingerprint density at radius 2 is 1.80 bits per heavy atom. The standard InChI is InChI=1S/C40H53NO8/c1-36(2)25-39(19-21-49-36,26-8-6-5-7-9-26)18-20-41-33(45)12-13-34(46)48-24-32(44)40(47)17-15-30-29-11-10-27-22-28(42)14-16-37(27,3)35(29)31(43)23-38(30,40)4/h5-9,14,16,22,29-31,35,43,47H,10-13,15,17-21,23-25H2,1-4H3,(H,41,45)/t29?,30?,31-,35?,37-,38-,39?,40-/m0/s1. The number of hydrogen-bond acceptors (Lipinski definition) is 8. The van der Waals surface area contributed by atoms with Gasteiger partial charge in [0.25, 0.3) is 0 Å². The highest BCUT2D eigenvalue weighted by Crippen LogP contribution is 2.67. The first kappa shape index (κ1) is 35.7. The maximum atomic E-state index is 13.6. The van der Waals surface area contributed by atoms with Gasteiger partial charge in [-0.15, -0.1) is 0 Å². The Morgan fingerprint density at radius 1 is 1.04 bits per heavy atom. The minimum Gasteiger partial charge on any atom is -0.458 e. The van der Waals surface area contributed by atoms with Crippen molar-refractivity contribution in [3.63, 3.8) is 0 Å². The normalized spacial score (nSPS) is 37.7. The number of allylic oxidation sites excluding steroid dienone is 4. The lowest BCUT2D eigenvalue weighted by Crippen LogP contribution is -2.61. The van der Waals surface area contributed by atoms with Crippen LogP contribution in [0.3, 0.4) is 0 Å². The van der Waals surface area contributed by atoms with Crippen molar-refractivity contribution in [1.29, 1.82) is 0 Å². The molecule has 5 aliphatic rings. The van der Waals surface area contributed by atoms with Gasteiger partial charge >= 0.3 is 5.97 Å². The average Bonchev–Trinajstić information content (AvgIpc) is 3.33. The fourth-order valence-corrected chi connectivity index (χ4v) is 10.7. The molecule has 3 saturated carbocycles. The third kappa shape index (κ3) is 6.47. The molecule has 9 heteroatoms. The minimum atomic E-state index is -1.73. The summed E-state index contributed by atoms with van der Waals surface area (Å²) in [6.45, 7) is 8.71. The predicted molar refractivity (Wildman–Crippen MR) is 183 cm³/mol. The summed E-state index contributed by atoms with van der Waals surface area (Å²) in [7, 11) is 0. The molecule has 0 bridgehead atoms. The van der Waals surface area contributed by atoms with E-state index in [4.69, 9.17) is 9.47 Å². The van der Waals surface area contributed by atoms with Crippen molar-refractivity contribution in [1.82, 2.24) is 5.32 Å². The molecule has 1 aromatic carbocycles. The van der Waals surface area contributed by atoms with Gasteiger partial charge in [0, 0.05) is 41.7 Å². The minimum absolute atomic E-state index is 0.00638. The van der Waals surface area contributed by atoms with Crippen LogP contribution in [0.25, 0.3) is 0 Å². The third-order valence-electron chi connectivity index (χ3n) is 13.2. The first-order valence-electron chi connectivity index (χ1n) is 18.1. The van der Waals surface area contributed by atoms with E-state index >= 15 is 0 Å². The molecule has 4 fully saturated rings. The summed E-state index contributed by atoms with van der Waals surface area (Å²) in [5.41, 5.74) is -1.15. The maximum Gasteiger partial charge on any atom is 0.306 e. The smallest absolute Gasteiger partial charge is 0.306 e. The van der Waals surface area contributed by atoms with Crippen molar-refractivity contribution in [3.8, 4) is 0 Å². The number of ketones is 2. The second kappa shape index (κ2) is 13.2. The van der Waals surface area contributed by atoms with Crippen molar-refractivity contribution >= 4 is 23.4 Å². The highest BCUT2D eigenvalue weighted by molar-refractivity contribution is 6.01. The summed E-state index contributed by atoms with van der Waals surface area (Å²) < 4.78 is 11.3. The lowest BCUT2D eigenvalue weighted by Gasteiger charge is -2.59. The number of amides is 1. The SMILES string of the molecule is CC1(C)CC(CCNC(=O)CCC(=O)OCC(=O)[C@@]2(O)CCC3C4CCC5=CC(=O)C=C[C@]5(C)C4[C@@H](O)C[C@@]32C)(c2ccccc2)CCO1. The predicted octanol–water partition coefficient (Wildman–Crippen LogP) is 4.92. The summed E-state index contributed by atoms with van der Waals surface area (Å²) in [6, 6.07) is 10.3. The molecule has 0 radical (unpaired) electrons. The highest BCUT2D eigenvalue weighted by Gasteiger charge is 2.68. The number of hydrogen-bond donors (Lipinski definition) is 3. The zero-order chi connectivity index (χ0) is 35.2. The van der Waals surface area contributed by atoms with Crippen LogP contribution < -0.4 is 5.32 Å². The van der Waals surface area contributed by atoms with Crippen molar-refractivity contribution in [2.24, 2.45) is 28.6 Å². The fourth-order valence-electron chi connectivity index (χ4n) is 10.7. The summed E-state index contributed by atoms with van der Waals surface area (Å²) >= 11 is 0. The van der Waals surface area contributed by atoms with Gasteiger partial charge in [0.1, 0.15) is 5.60 Å².